The van der Waals surface area contributed by atoms with Gasteiger partial charge in [0, 0.05) is 0 Å². The molecule has 0 unspecified atom stereocenters. The zero-order chi connectivity index (χ0) is 20.6. The molecule has 0 saturated carbocycles. The summed E-state index contributed by atoms with van der Waals surface area (Å²) in [5.41, 5.74) is 2.49. The van der Waals surface area contributed by atoms with Crippen LogP contribution in [0.4, 0.5) is 5.13 Å². The van der Waals surface area contributed by atoms with Crippen LogP contribution >= 0.6 is 11.3 Å². The highest BCUT2D eigenvalue weighted by Gasteiger charge is 2.26. The third kappa shape index (κ3) is 3.70. The molecule has 7 nitrogen and oxygen atoms in total. The zero-order valence-electron chi connectivity index (χ0n) is 16.2. The van der Waals surface area contributed by atoms with E-state index in [0.717, 1.165) is 16.1 Å². The van der Waals surface area contributed by atoms with Gasteiger partial charge in [-0.2, -0.15) is 5.10 Å². The van der Waals surface area contributed by atoms with Gasteiger partial charge in [0.1, 0.15) is 10.6 Å². The van der Waals surface area contributed by atoms with E-state index >= 15 is 0 Å². The molecule has 0 radical (unpaired) electrons. The fraction of sp³-hybridized carbons (Fsp3) is 0.200. The van der Waals surface area contributed by atoms with Crippen LogP contribution in [0.5, 0.6) is 5.75 Å². The minimum absolute atomic E-state index is 0.163. The van der Waals surface area contributed by atoms with E-state index in [0.29, 0.717) is 28.6 Å². The molecular weight excluding hydrogens is 408 g/mol. The molecule has 2 aromatic heterocycles. The van der Waals surface area contributed by atoms with E-state index in [2.05, 4.69) is 14.8 Å². The quantitative estimate of drug-likeness (QED) is 0.495. The summed E-state index contributed by atoms with van der Waals surface area (Å²) in [7, 11) is -3.85. The molecule has 150 valence electrons. The first kappa shape index (κ1) is 19.4. The number of fused-ring (bicyclic) bond motifs is 1. The third-order valence-corrected chi connectivity index (χ3v) is 7.04. The maximum atomic E-state index is 13.1. The molecule has 0 spiro atoms. The van der Waals surface area contributed by atoms with E-state index in [-0.39, 0.29) is 4.90 Å². The van der Waals surface area contributed by atoms with Crippen LogP contribution in [0.25, 0.3) is 15.9 Å². The minimum Gasteiger partial charge on any atom is -0.494 e. The lowest BCUT2D eigenvalue weighted by molar-refractivity contribution is 0.341. The number of benzene rings is 2. The van der Waals surface area contributed by atoms with E-state index in [9.17, 15) is 8.42 Å². The van der Waals surface area contributed by atoms with Crippen LogP contribution in [-0.2, 0) is 10.0 Å². The van der Waals surface area contributed by atoms with Crippen molar-refractivity contribution in [1.82, 2.24) is 14.8 Å². The molecule has 0 atom stereocenters. The lowest BCUT2D eigenvalue weighted by Crippen LogP contribution is -2.14. The van der Waals surface area contributed by atoms with Crippen LogP contribution in [0.15, 0.2) is 53.4 Å². The van der Waals surface area contributed by atoms with Gasteiger partial charge in [0.2, 0.25) is 0 Å². The SMILES string of the molecule is CCOc1ccc2nc(NS(=O)(=O)c3c(C)nn(-c4ccccc4)c3C)sc2c1. The second-order valence-corrected chi connectivity index (χ2v) is 9.08. The summed E-state index contributed by atoms with van der Waals surface area (Å²) in [6.07, 6.45) is 0. The highest BCUT2D eigenvalue weighted by molar-refractivity contribution is 7.93. The van der Waals surface area contributed by atoms with Crippen LogP contribution in [0.1, 0.15) is 18.3 Å². The van der Waals surface area contributed by atoms with Crippen LogP contribution in [-0.4, -0.2) is 29.8 Å². The number of anilines is 1. The van der Waals surface area contributed by atoms with Crippen molar-refractivity contribution >= 4 is 36.7 Å². The van der Waals surface area contributed by atoms with Gasteiger partial charge in [-0.1, -0.05) is 29.5 Å². The molecule has 0 bridgehead atoms. The number of hydrogen-bond acceptors (Lipinski definition) is 6. The smallest absolute Gasteiger partial charge is 0.267 e. The summed E-state index contributed by atoms with van der Waals surface area (Å²) in [6, 6.07) is 14.9. The van der Waals surface area contributed by atoms with Crippen molar-refractivity contribution < 1.29 is 13.2 Å². The van der Waals surface area contributed by atoms with Gasteiger partial charge >= 0.3 is 0 Å². The Hall–Kier alpha value is -2.91. The van der Waals surface area contributed by atoms with Crippen molar-refractivity contribution in [2.45, 2.75) is 25.7 Å². The lowest BCUT2D eigenvalue weighted by atomic mass is 10.3. The number of aromatic nitrogens is 3. The van der Waals surface area contributed by atoms with Gasteiger partial charge in [0.25, 0.3) is 10.0 Å². The second-order valence-electron chi connectivity index (χ2n) is 6.43. The Morgan fingerprint density at radius 3 is 2.62 bits per heavy atom. The molecule has 0 aliphatic rings. The summed E-state index contributed by atoms with van der Waals surface area (Å²) in [5.74, 6) is 0.730. The van der Waals surface area contributed by atoms with Crippen LogP contribution in [0, 0.1) is 13.8 Å². The number of rotatable bonds is 6. The predicted octanol–water partition coefficient (Wildman–Crippen LogP) is 4.30. The maximum Gasteiger partial charge on any atom is 0.267 e. The molecule has 4 aromatic rings. The molecular formula is C20H20N4O3S2. The fourth-order valence-electron chi connectivity index (χ4n) is 3.21. The van der Waals surface area contributed by atoms with Crippen molar-refractivity contribution in [1.29, 1.82) is 0 Å². The third-order valence-electron chi connectivity index (χ3n) is 4.39. The van der Waals surface area contributed by atoms with Crippen LogP contribution in [0.2, 0.25) is 0 Å². The number of sulfonamides is 1. The van der Waals surface area contributed by atoms with Crippen LogP contribution in [0.3, 0.4) is 0 Å². The van der Waals surface area contributed by atoms with Crippen molar-refractivity contribution in [3.05, 3.63) is 59.9 Å². The van der Waals surface area contributed by atoms with Gasteiger partial charge in [-0.15, -0.1) is 0 Å². The Morgan fingerprint density at radius 2 is 1.90 bits per heavy atom. The molecule has 4 rings (SSSR count). The number of para-hydroxylation sites is 1. The van der Waals surface area contributed by atoms with Gasteiger partial charge in [0.15, 0.2) is 5.13 Å². The van der Waals surface area contributed by atoms with E-state index in [1.54, 1.807) is 18.5 Å². The zero-order valence-corrected chi connectivity index (χ0v) is 17.8. The summed E-state index contributed by atoms with van der Waals surface area (Å²) >= 11 is 1.27. The fourth-order valence-corrected chi connectivity index (χ4v) is 5.73. The normalized spacial score (nSPS) is 11.7. The molecule has 1 N–H and O–H groups in total. The number of hydrogen-bond donors (Lipinski definition) is 1. The van der Waals surface area contributed by atoms with Crippen molar-refractivity contribution in [2.75, 3.05) is 11.3 Å². The Bertz CT molecular complexity index is 1280. The monoisotopic (exact) mass is 428 g/mol. The van der Waals surface area contributed by atoms with Gasteiger partial charge in [-0.3, -0.25) is 4.72 Å². The van der Waals surface area contributed by atoms with E-state index in [1.165, 1.54) is 11.3 Å². The van der Waals surface area contributed by atoms with E-state index < -0.39 is 10.0 Å². The average Bonchev–Trinajstić information content (AvgIpc) is 3.21. The average molecular weight is 429 g/mol. The first-order chi connectivity index (χ1) is 13.9. The predicted molar refractivity (Wildman–Crippen MR) is 115 cm³/mol. The summed E-state index contributed by atoms with van der Waals surface area (Å²) in [5, 5.41) is 4.73. The number of nitrogens with zero attached hydrogens (tertiary/aromatic N) is 3. The maximum absolute atomic E-state index is 13.1. The highest BCUT2D eigenvalue weighted by Crippen LogP contribution is 2.32. The largest absolute Gasteiger partial charge is 0.494 e. The summed E-state index contributed by atoms with van der Waals surface area (Å²) in [6.45, 7) is 5.91. The Kier molecular flexibility index (Phi) is 5.01. The topological polar surface area (TPSA) is 86.1 Å². The first-order valence-electron chi connectivity index (χ1n) is 9.07. The van der Waals surface area contributed by atoms with Crippen molar-refractivity contribution in [3.8, 4) is 11.4 Å². The van der Waals surface area contributed by atoms with Gasteiger partial charge < -0.3 is 4.74 Å². The van der Waals surface area contributed by atoms with Crippen molar-refractivity contribution in [3.63, 3.8) is 0 Å². The summed E-state index contributed by atoms with van der Waals surface area (Å²) < 4.78 is 36.8. The minimum atomic E-state index is -3.85. The molecule has 0 aliphatic heterocycles. The van der Waals surface area contributed by atoms with Gasteiger partial charge in [0.05, 0.1) is 33.9 Å². The number of thiazole rings is 1. The number of ether oxygens (including phenoxy) is 1. The molecule has 29 heavy (non-hydrogen) atoms. The molecule has 0 saturated heterocycles. The molecule has 0 amide bonds. The second kappa shape index (κ2) is 7.49. The molecule has 9 heteroatoms. The number of aryl methyl sites for hydroxylation is 1. The molecule has 0 fully saturated rings. The van der Waals surface area contributed by atoms with Crippen molar-refractivity contribution in [2.24, 2.45) is 0 Å². The Morgan fingerprint density at radius 1 is 1.14 bits per heavy atom. The standard InChI is InChI=1S/C20H20N4O3S2/c1-4-27-16-10-11-17-18(12-16)28-20(21-17)23-29(25,26)19-13(2)22-24(14(19)3)15-8-6-5-7-9-15/h5-12H,4H2,1-3H3,(H,21,23). The number of nitrogens with one attached hydrogen (secondary N) is 1. The molecule has 2 aromatic carbocycles. The summed E-state index contributed by atoms with van der Waals surface area (Å²) in [4.78, 5) is 4.56. The van der Waals surface area contributed by atoms with Gasteiger partial charge in [-0.05, 0) is 51.1 Å². The molecule has 0 aliphatic carbocycles. The Labute approximate surface area is 173 Å². The van der Waals surface area contributed by atoms with E-state index in [1.807, 2.05) is 55.5 Å². The van der Waals surface area contributed by atoms with E-state index in [4.69, 9.17) is 4.74 Å². The van der Waals surface area contributed by atoms with Gasteiger partial charge in [-0.25, -0.2) is 18.1 Å². The first-order valence-corrected chi connectivity index (χ1v) is 11.4. The lowest BCUT2D eigenvalue weighted by Gasteiger charge is -2.07. The van der Waals surface area contributed by atoms with Crippen LogP contribution < -0.4 is 9.46 Å². The highest BCUT2D eigenvalue weighted by atomic mass is 32.2. The molecule has 2 heterocycles. The Balaban J connectivity index is 1.69.